The van der Waals surface area contributed by atoms with Crippen LogP contribution in [0.4, 0.5) is 0 Å². The first-order valence-electron chi connectivity index (χ1n) is 3.93. The molecule has 0 aromatic carbocycles. The van der Waals surface area contributed by atoms with Crippen molar-refractivity contribution >= 4 is 33.6 Å². The van der Waals surface area contributed by atoms with Crippen molar-refractivity contribution in [2.24, 2.45) is 0 Å². The highest BCUT2D eigenvalue weighted by Gasteiger charge is 1.96. The van der Waals surface area contributed by atoms with E-state index in [4.69, 9.17) is 10.8 Å². The normalized spacial score (nSPS) is 9.83. The lowest BCUT2D eigenvalue weighted by atomic mass is 10.2. The number of unbranched alkanes of at least 4 members (excludes halogenated alkanes) is 1. The Balaban J connectivity index is 3.21. The molecule has 0 unspecified atom stereocenters. The molecular weight excluding hydrogens is 188 g/mol. The van der Waals surface area contributed by atoms with E-state index in [9.17, 15) is 0 Å². The van der Waals surface area contributed by atoms with Gasteiger partial charge in [0.05, 0.1) is 10.1 Å². The smallest absolute Gasteiger partial charge is 0.0638 e. The molecule has 0 aromatic heterocycles. The van der Waals surface area contributed by atoms with Crippen LogP contribution in [0.1, 0.15) is 25.7 Å². The van der Waals surface area contributed by atoms with Crippen molar-refractivity contribution in [3.05, 3.63) is 0 Å². The Kier molecular flexibility index (Phi) is 7.70. The monoisotopic (exact) mass is 204 g/mol. The van der Waals surface area contributed by atoms with Crippen molar-refractivity contribution in [2.75, 3.05) is 12.5 Å². The molecule has 2 nitrogen and oxygen atoms in total. The van der Waals surface area contributed by atoms with Gasteiger partial charge in [0.25, 0.3) is 0 Å². The highest BCUT2D eigenvalue weighted by Crippen LogP contribution is 2.10. The maximum atomic E-state index is 7.37. The third-order valence-electron chi connectivity index (χ3n) is 1.55. The molecule has 4 heteroatoms. The minimum Gasteiger partial charge on any atom is -0.298 e. The number of rotatable bonds is 5. The molecule has 0 radical (unpaired) electrons. The second kappa shape index (κ2) is 7.68. The van der Waals surface area contributed by atoms with Crippen LogP contribution in [0.3, 0.4) is 0 Å². The van der Waals surface area contributed by atoms with Gasteiger partial charge >= 0.3 is 0 Å². The predicted octanol–water partition coefficient (Wildman–Crippen LogP) is 3.23. The molecule has 0 atom stereocenters. The lowest BCUT2D eigenvalue weighted by molar-refractivity contribution is 0.800. The Bertz CT molecular complexity index is 139. The summed E-state index contributed by atoms with van der Waals surface area (Å²) in [5, 5.41) is 16.3. The second-order valence-electron chi connectivity index (χ2n) is 2.46. The summed E-state index contributed by atoms with van der Waals surface area (Å²) in [7, 11) is 0. The van der Waals surface area contributed by atoms with Gasteiger partial charge in [-0.3, -0.25) is 10.8 Å². The molecule has 0 fully saturated rings. The van der Waals surface area contributed by atoms with Crippen molar-refractivity contribution in [1.29, 1.82) is 10.8 Å². The van der Waals surface area contributed by atoms with Crippen LogP contribution in [0.2, 0.25) is 0 Å². The van der Waals surface area contributed by atoms with E-state index < -0.39 is 0 Å². The lowest BCUT2D eigenvalue weighted by Gasteiger charge is -2.00. The molecule has 0 saturated carbocycles. The Morgan fingerprint density at radius 1 is 0.917 bits per heavy atom. The van der Waals surface area contributed by atoms with Crippen LogP contribution in [0.5, 0.6) is 0 Å². The first-order chi connectivity index (χ1) is 5.70. The molecule has 0 bridgehead atoms. The molecule has 12 heavy (non-hydrogen) atoms. The average Bonchev–Trinajstić information content (AvgIpc) is 2.11. The van der Waals surface area contributed by atoms with Crippen LogP contribution in [0.15, 0.2) is 0 Å². The van der Waals surface area contributed by atoms with Gasteiger partial charge in [-0.15, -0.1) is 23.5 Å². The van der Waals surface area contributed by atoms with Crippen molar-refractivity contribution in [1.82, 2.24) is 0 Å². The van der Waals surface area contributed by atoms with Crippen LogP contribution in [-0.4, -0.2) is 22.6 Å². The van der Waals surface area contributed by atoms with Crippen molar-refractivity contribution in [3.8, 4) is 0 Å². The van der Waals surface area contributed by atoms with E-state index in [2.05, 4.69) is 0 Å². The standard InChI is InChI=1S/C8H16N2S2/c1-11-7(9)5-3-4-6-8(10)12-2/h9-10H,3-6H2,1-2H3. The molecule has 0 spiro atoms. The van der Waals surface area contributed by atoms with E-state index in [1.54, 1.807) is 0 Å². The van der Waals surface area contributed by atoms with Gasteiger partial charge < -0.3 is 0 Å². The molecule has 0 amide bonds. The number of nitrogens with one attached hydrogen (secondary N) is 2. The van der Waals surface area contributed by atoms with Crippen molar-refractivity contribution < 1.29 is 0 Å². The summed E-state index contributed by atoms with van der Waals surface area (Å²) in [6, 6.07) is 0. The topological polar surface area (TPSA) is 47.7 Å². The first kappa shape index (κ1) is 12.0. The Morgan fingerprint density at radius 3 is 1.50 bits per heavy atom. The van der Waals surface area contributed by atoms with E-state index in [1.165, 1.54) is 23.5 Å². The van der Waals surface area contributed by atoms with Crippen LogP contribution < -0.4 is 0 Å². The molecule has 0 aliphatic carbocycles. The van der Waals surface area contributed by atoms with Crippen molar-refractivity contribution in [2.45, 2.75) is 25.7 Å². The highest BCUT2D eigenvalue weighted by atomic mass is 32.2. The molecule has 0 rings (SSSR count). The zero-order valence-corrected chi connectivity index (χ0v) is 9.28. The summed E-state index contributed by atoms with van der Waals surface area (Å²) in [6.45, 7) is 0. The van der Waals surface area contributed by atoms with Crippen LogP contribution >= 0.6 is 23.5 Å². The molecule has 0 aliphatic heterocycles. The van der Waals surface area contributed by atoms with E-state index in [-0.39, 0.29) is 0 Å². The van der Waals surface area contributed by atoms with Gasteiger partial charge in [-0.2, -0.15) is 0 Å². The van der Waals surface area contributed by atoms with Gasteiger partial charge in [-0.05, 0) is 38.2 Å². The summed E-state index contributed by atoms with van der Waals surface area (Å²) < 4.78 is 0. The van der Waals surface area contributed by atoms with Crippen molar-refractivity contribution in [3.63, 3.8) is 0 Å². The fourth-order valence-electron chi connectivity index (χ4n) is 0.775. The van der Waals surface area contributed by atoms with E-state index in [0.717, 1.165) is 35.8 Å². The van der Waals surface area contributed by atoms with Gasteiger partial charge in [-0.1, -0.05) is 0 Å². The summed E-state index contributed by atoms with van der Waals surface area (Å²) in [5.74, 6) is 0. The maximum Gasteiger partial charge on any atom is 0.0638 e. The Labute approximate surface area is 82.9 Å². The lowest BCUT2D eigenvalue weighted by Crippen LogP contribution is -1.92. The largest absolute Gasteiger partial charge is 0.298 e. The Morgan fingerprint density at radius 2 is 1.25 bits per heavy atom. The van der Waals surface area contributed by atoms with E-state index in [1.807, 2.05) is 12.5 Å². The summed E-state index contributed by atoms with van der Waals surface area (Å²) in [6.07, 6.45) is 7.72. The third-order valence-corrected chi connectivity index (χ3v) is 2.94. The van der Waals surface area contributed by atoms with Gasteiger partial charge in [0.1, 0.15) is 0 Å². The summed E-state index contributed by atoms with van der Waals surface area (Å²) in [4.78, 5) is 0. The minimum atomic E-state index is 0.755. The summed E-state index contributed by atoms with van der Waals surface area (Å²) >= 11 is 3.03. The fourth-order valence-corrected chi connectivity index (χ4v) is 1.47. The predicted molar refractivity (Wildman–Crippen MR) is 61.0 cm³/mol. The first-order valence-corrected chi connectivity index (χ1v) is 6.38. The van der Waals surface area contributed by atoms with Crippen LogP contribution in [0.25, 0.3) is 0 Å². The molecule has 0 aliphatic rings. The van der Waals surface area contributed by atoms with Crippen LogP contribution in [-0.2, 0) is 0 Å². The SMILES string of the molecule is CSC(=N)CCCCC(=N)SC. The molecule has 0 saturated heterocycles. The average molecular weight is 204 g/mol. The fraction of sp³-hybridized carbons (Fsp3) is 0.750. The number of hydrogen-bond acceptors (Lipinski definition) is 4. The van der Waals surface area contributed by atoms with Gasteiger partial charge in [-0.25, -0.2) is 0 Å². The van der Waals surface area contributed by atoms with E-state index >= 15 is 0 Å². The van der Waals surface area contributed by atoms with Gasteiger partial charge in [0, 0.05) is 0 Å². The molecule has 2 N–H and O–H groups in total. The quantitative estimate of drug-likeness (QED) is 0.410. The second-order valence-corrected chi connectivity index (χ2v) is 4.26. The Hall–Kier alpha value is 0.0400. The number of thioether (sulfide) groups is 2. The van der Waals surface area contributed by atoms with Crippen LogP contribution in [0, 0.1) is 10.8 Å². The van der Waals surface area contributed by atoms with E-state index in [0.29, 0.717) is 0 Å². The molecule has 70 valence electrons. The highest BCUT2D eigenvalue weighted by molar-refractivity contribution is 8.13. The molecular formula is C8H16N2S2. The zero-order chi connectivity index (χ0) is 9.40. The van der Waals surface area contributed by atoms with Gasteiger partial charge in [0.15, 0.2) is 0 Å². The maximum absolute atomic E-state index is 7.37. The zero-order valence-electron chi connectivity index (χ0n) is 7.64. The number of hydrogen-bond donors (Lipinski definition) is 2. The van der Waals surface area contributed by atoms with Gasteiger partial charge in [0.2, 0.25) is 0 Å². The summed E-state index contributed by atoms with van der Waals surface area (Å²) in [5.41, 5.74) is 0. The molecule has 0 heterocycles. The third kappa shape index (κ3) is 6.73. The molecule has 0 aromatic rings. The minimum absolute atomic E-state index is 0.755.